The highest BCUT2D eigenvalue weighted by Crippen LogP contribution is 2.48. The number of rotatable bonds is 10. The highest BCUT2D eigenvalue weighted by Gasteiger charge is 2.39. The predicted molar refractivity (Wildman–Crippen MR) is 150 cm³/mol. The third kappa shape index (κ3) is 7.01. The summed E-state index contributed by atoms with van der Waals surface area (Å²) >= 11 is 12.2. The second kappa shape index (κ2) is 12.8. The number of hydrogen-bond acceptors (Lipinski definition) is 6. The lowest BCUT2D eigenvalue weighted by atomic mass is 10.1. The average molecular weight is 609 g/mol. The van der Waals surface area contributed by atoms with Crippen LogP contribution in [0.3, 0.4) is 0 Å². The fourth-order valence-corrected chi connectivity index (χ4v) is 6.74. The molecular weight excluding hydrogens is 582 g/mol. The molecule has 40 heavy (non-hydrogen) atoms. The van der Waals surface area contributed by atoms with Crippen molar-refractivity contribution < 1.29 is 28.6 Å². The number of carboxylic acid groups (broad SMARTS) is 1. The number of nitrogens with zero attached hydrogens (tertiary/aromatic N) is 2. The molecule has 0 spiro atoms. The molecule has 4 rings (SSSR count). The van der Waals surface area contributed by atoms with E-state index in [-0.39, 0.29) is 46.1 Å². The van der Waals surface area contributed by atoms with Crippen LogP contribution in [0.1, 0.15) is 40.6 Å². The summed E-state index contributed by atoms with van der Waals surface area (Å²) < 4.78 is 21.2. The van der Waals surface area contributed by atoms with Crippen molar-refractivity contribution in [3.63, 3.8) is 0 Å². The van der Waals surface area contributed by atoms with E-state index in [4.69, 9.17) is 27.7 Å². The maximum Gasteiger partial charge on any atom is 0.393 e. The van der Waals surface area contributed by atoms with Crippen molar-refractivity contribution >= 4 is 54.3 Å². The van der Waals surface area contributed by atoms with Crippen LogP contribution in [-0.4, -0.2) is 62.9 Å². The van der Waals surface area contributed by atoms with Crippen molar-refractivity contribution in [2.24, 2.45) is 0 Å². The molecule has 2 atom stereocenters. The van der Waals surface area contributed by atoms with Gasteiger partial charge in [-0.1, -0.05) is 47.5 Å². The summed E-state index contributed by atoms with van der Waals surface area (Å²) in [7, 11) is -3.79. The van der Waals surface area contributed by atoms with Crippen molar-refractivity contribution in [1.82, 2.24) is 25.3 Å². The molecule has 3 aromatic rings. The first-order valence-corrected chi connectivity index (χ1v) is 14.6. The van der Waals surface area contributed by atoms with Crippen LogP contribution < -0.4 is 20.2 Å². The largest absolute Gasteiger partial charge is 0.480 e. The molecule has 0 radical (unpaired) electrons. The smallest absolute Gasteiger partial charge is 0.393 e. The van der Waals surface area contributed by atoms with Gasteiger partial charge in [0.05, 0.1) is 21.3 Å². The van der Waals surface area contributed by atoms with E-state index in [9.17, 15) is 24.1 Å². The van der Waals surface area contributed by atoms with Gasteiger partial charge in [-0.15, -0.1) is 0 Å². The maximum absolute atomic E-state index is 13.8. The number of piperidine rings is 1. The van der Waals surface area contributed by atoms with Crippen LogP contribution >= 0.6 is 30.9 Å². The number of aromatic nitrogens is 2. The quantitative estimate of drug-likeness (QED) is 0.209. The molecule has 2 amide bonds. The number of amides is 2. The highest BCUT2D eigenvalue weighted by atomic mass is 35.5. The van der Waals surface area contributed by atoms with E-state index in [0.717, 1.165) is 0 Å². The lowest BCUT2D eigenvalue weighted by molar-refractivity contribution is -0.138. The number of benzene rings is 2. The summed E-state index contributed by atoms with van der Waals surface area (Å²) in [4.78, 5) is 37.2. The van der Waals surface area contributed by atoms with Crippen molar-refractivity contribution in [2.45, 2.75) is 31.8 Å². The summed E-state index contributed by atoms with van der Waals surface area (Å²) in [6, 6.07) is 11.7. The van der Waals surface area contributed by atoms with E-state index >= 15 is 0 Å². The van der Waals surface area contributed by atoms with Crippen LogP contribution in [0.4, 0.5) is 5.69 Å². The second-order valence-corrected chi connectivity index (χ2v) is 11.9. The van der Waals surface area contributed by atoms with E-state index in [2.05, 4.69) is 25.9 Å². The fourth-order valence-electron chi connectivity index (χ4n) is 4.08. The van der Waals surface area contributed by atoms with Gasteiger partial charge in [0, 0.05) is 25.3 Å². The average Bonchev–Trinajstić information content (AvgIpc) is 3.37. The number of aliphatic carboxylic acids is 1. The molecule has 5 N–H and O–H groups in total. The number of carbonyl (C=O) groups is 3. The number of H-pyrrole nitrogens is 1. The van der Waals surface area contributed by atoms with Gasteiger partial charge in [-0.2, -0.15) is 5.10 Å². The van der Waals surface area contributed by atoms with Gasteiger partial charge >= 0.3 is 13.6 Å². The Hall–Kier alpha value is -3.41. The minimum atomic E-state index is -3.79. The van der Waals surface area contributed by atoms with Gasteiger partial charge in [-0.05, 0) is 44.0 Å². The Kier molecular flexibility index (Phi) is 9.49. The van der Waals surface area contributed by atoms with Crippen LogP contribution in [0.5, 0.6) is 5.75 Å². The molecule has 2 unspecified atom stereocenters. The number of halogens is 2. The van der Waals surface area contributed by atoms with Crippen molar-refractivity contribution in [3.8, 4) is 5.75 Å². The first-order chi connectivity index (χ1) is 19.1. The van der Waals surface area contributed by atoms with Crippen LogP contribution in [0.15, 0.2) is 54.7 Å². The number of hydrogen-bond donors (Lipinski definition) is 5. The van der Waals surface area contributed by atoms with E-state index < -0.39 is 31.5 Å². The molecule has 1 aromatic heterocycles. The minimum absolute atomic E-state index is 0.0333. The molecule has 1 aliphatic heterocycles. The second-order valence-electron chi connectivity index (χ2n) is 9.01. The topological polar surface area (TPSA) is 166 Å². The van der Waals surface area contributed by atoms with Gasteiger partial charge in [-0.3, -0.25) is 19.5 Å². The zero-order valence-electron chi connectivity index (χ0n) is 21.3. The Morgan fingerprint density at radius 1 is 1.07 bits per heavy atom. The van der Waals surface area contributed by atoms with Crippen LogP contribution in [-0.2, 0) is 9.36 Å². The number of carbonyl (C=O) groups excluding carboxylic acids is 2. The molecule has 2 heterocycles. The molecule has 1 aliphatic rings. The first kappa shape index (κ1) is 29.6. The molecule has 0 saturated carbocycles. The summed E-state index contributed by atoms with van der Waals surface area (Å²) in [6.07, 6.45) is 2.17. The maximum atomic E-state index is 13.8. The van der Waals surface area contributed by atoms with Gasteiger partial charge in [0.2, 0.25) is 0 Å². The highest BCUT2D eigenvalue weighted by molar-refractivity contribution is 7.54. The monoisotopic (exact) mass is 608 g/mol. The first-order valence-electron chi connectivity index (χ1n) is 12.3. The normalized spacial score (nSPS) is 16.5. The molecule has 12 nitrogen and oxygen atoms in total. The fraction of sp³-hybridized carbons (Fsp3) is 0.280. The summed E-state index contributed by atoms with van der Waals surface area (Å²) in [6.45, 7) is 1.89. The van der Waals surface area contributed by atoms with Crippen LogP contribution in [0.25, 0.3) is 0 Å². The summed E-state index contributed by atoms with van der Waals surface area (Å²) in [5.41, 5.74) is 0.177. The summed E-state index contributed by atoms with van der Waals surface area (Å²) in [5.74, 6) is -1.96. The Morgan fingerprint density at radius 3 is 2.35 bits per heavy atom. The molecule has 212 valence electrons. The molecular formula is C25H27Cl2N6O6P. The standard InChI is InChI=1S/C25H27Cl2N6O6P/c1-15(25(36)37)32-40(38,39-17-6-3-2-4-7-17)33-12-10-16(11-13-33)29-24(35)22-20(14-28-31-22)30-23(34)21-18(26)8-5-9-19(21)27/h2-9,14-16H,10-13H2,1H3,(H,28,31)(H,29,35)(H,30,34)(H,32,38)(H,36,37). The van der Waals surface area contributed by atoms with E-state index in [1.165, 1.54) is 25.3 Å². The lowest BCUT2D eigenvalue weighted by Gasteiger charge is -2.37. The van der Waals surface area contributed by atoms with Gasteiger partial charge in [-0.25, -0.2) is 14.3 Å². The van der Waals surface area contributed by atoms with Crippen molar-refractivity contribution in [2.75, 3.05) is 18.4 Å². The zero-order valence-corrected chi connectivity index (χ0v) is 23.7. The van der Waals surface area contributed by atoms with Crippen molar-refractivity contribution in [3.05, 3.63) is 76.0 Å². The van der Waals surface area contributed by atoms with E-state index in [1.807, 2.05) is 0 Å². The number of aromatic amines is 1. The molecule has 0 bridgehead atoms. The van der Waals surface area contributed by atoms with E-state index in [0.29, 0.717) is 18.6 Å². The molecule has 15 heteroatoms. The molecule has 1 fully saturated rings. The predicted octanol–water partition coefficient (Wildman–Crippen LogP) is 4.41. The number of nitrogens with one attached hydrogen (secondary N) is 4. The van der Waals surface area contributed by atoms with Crippen LogP contribution in [0.2, 0.25) is 10.0 Å². The third-order valence-electron chi connectivity index (χ3n) is 6.17. The molecule has 2 aromatic carbocycles. The SMILES string of the molecule is CC(NP(=O)(Oc1ccccc1)N1CCC(NC(=O)c2n[nH]cc2NC(=O)c2c(Cl)cccc2Cl)CC1)C(=O)O. The minimum Gasteiger partial charge on any atom is -0.480 e. The van der Waals surface area contributed by atoms with Gasteiger partial charge in [0.15, 0.2) is 5.69 Å². The Balaban J connectivity index is 1.40. The van der Waals surface area contributed by atoms with Crippen molar-refractivity contribution in [1.29, 1.82) is 0 Å². The zero-order chi connectivity index (χ0) is 28.9. The number of para-hydroxylation sites is 1. The van der Waals surface area contributed by atoms with Gasteiger partial charge in [0.25, 0.3) is 11.8 Å². The number of anilines is 1. The molecule has 1 saturated heterocycles. The third-order valence-corrected chi connectivity index (χ3v) is 9.12. The van der Waals surface area contributed by atoms with Gasteiger partial charge < -0.3 is 20.3 Å². The molecule has 0 aliphatic carbocycles. The van der Waals surface area contributed by atoms with Crippen LogP contribution in [0, 0.1) is 0 Å². The van der Waals surface area contributed by atoms with E-state index in [1.54, 1.807) is 41.1 Å². The Bertz CT molecular complexity index is 1410. The Morgan fingerprint density at radius 2 is 1.73 bits per heavy atom. The lowest BCUT2D eigenvalue weighted by Crippen LogP contribution is -2.47. The van der Waals surface area contributed by atoms with Gasteiger partial charge in [0.1, 0.15) is 11.8 Å². The number of carboxylic acids is 1. The summed E-state index contributed by atoms with van der Waals surface area (Å²) in [5, 5.41) is 24.3. The Labute approximate surface area is 239 Å².